The largest absolute Gasteiger partial charge is 0.380 e. The van der Waals surface area contributed by atoms with E-state index in [9.17, 15) is 4.79 Å². The predicted octanol–water partition coefficient (Wildman–Crippen LogP) is 3.98. The van der Waals surface area contributed by atoms with Gasteiger partial charge in [0.1, 0.15) is 0 Å². The van der Waals surface area contributed by atoms with Crippen LogP contribution in [0.25, 0.3) is 0 Å². The van der Waals surface area contributed by atoms with Crippen LogP contribution in [0.5, 0.6) is 0 Å². The Morgan fingerprint density at radius 2 is 1.90 bits per heavy atom. The summed E-state index contributed by atoms with van der Waals surface area (Å²) in [4.78, 5) is 12.1. The van der Waals surface area contributed by atoms with Crippen molar-refractivity contribution in [1.29, 1.82) is 0 Å². The molecule has 3 nitrogen and oxygen atoms in total. The zero-order chi connectivity index (χ0) is 14.4. The van der Waals surface area contributed by atoms with Crippen molar-refractivity contribution in [2.75, 3.05) is 12.4 Å². The van der Waals surface area contributed by atoms with Crippen LogP contribution in [0.4, 0.5) is 5.69 Å². The van der Waals surface area contributed by atoms with Gasteiger partial charge in [-0.05, 0) is 35.4 Å². The molecular weight excluding hydrogens is 318 g/mol. The molecule has 0 aliphatic rings. The topological polar surface area (TPSA) is 38.3 Å². The maximum Gasteiger partial charge on any atom is 0.255 e. The van der Waals surface area contributed by atoms with Gasteiger partial charge in [0.2, 0.25) is 0 Å². The van der Waals surface area contributed by atoms with Crippen LogP contribution in [0.3, 0.4) is 0 Å². The van der Waals surface area contributed by atoms with Gasteiger partial charge >= 0.3 is 0 Å². The second-order valence-corrected chi connectivity index (χ2v) is 4.98. The van der Waals surface area contributed by atoms with Crippen molar-refractivity contribution in [1.82, 2.24) is 0 Å². The molecule has 0 saturated heterocycles. The van der Waals surface area contributed by atoms with Gasteiger partial charge in [-0.15, -0.1) is 0 Å². The Hall–Kier alpha value is -1.65. The van der Waals surface area contributed by atoms with E-state index in [1.54, 1.807) is 7.11 Å². The number of halogens is 1. The number of ether oxygens (including phenoxy) is 1. The number of hydrogen-bond acceptors (Lipinski definition) is 2. The molecule has 0 spiro atoms. The van der Waals surface area contributed by atoms with Gasteiger partial charge < -0.3 is 10.1 Å². The van der Waals surface area contributed by atoms with E-state index in [4.69, 9.17) is 4.74 Å². The number of rotatable bonds is 5. The molecule has 104 valence electrons. The Morgan fingerprint density at radius 3 is 2.55 bits per heavy atom. The van der Waals surface area contributed by atoms with Crippen molar-refractivity contribution in [2.45, 2.75) is 11.9 Å². The number of amides is 1. The van der Waals surface area contributed by atoms with Crippen molar-refractivity contribution >= 4 is 27.5 Å². The van der Waals surface area contributed by atoms with Gasteiger partial charge in [0.25, 0.3) is 5.91 Å². The summed E-state index contributed by atoms with van der Waals surface area (Å²) in [5.41, 5.74) is 3.59. The van der Waals surface area contributed by atoms with Crippen molar-refractivity contribution in [3.05, 3.63) is 65.2 Å². The standard InChI is InChI=1S/C16H16BrNO2/c1-20-11-13-3-2-4-15(9-13)18-16(19)14-7-5-12(10-17)6-8-14/h2-9H,10-11H2,1H3,(H,18,19). The van der Waals surface area contributed by atoms with Crippen LogP contribution in [-0.2, 0) is 16.7 Å². The van der Waals surface area contributed by atoms with Crippen LogP contribution in [0.1, 0.15) is 21.5 Å². The first-order valence-corrected chi connectivity index (χ1v) is 7.39. The average molecular weight is 334 g/mol. The summed E-state index contributed by atoms with van der Waals surface area (Å²) in [6.45, 7) is 0.531. The molecule has 0 heterocycles. The molecule has 2 rings (SSSR count). The lowest BCUT2D eigenvalue weighted by atomic mass is 10.1. The lowest BCUT2D eigenvalue weighted by Crippen LogP contribution is -2.12. The minimum Gasteiger partial charge on any atom is -0.380 e. The highest BCUT2D eigenvalue weighted by Crippen LogP contribution is 2.14. The first-order valence-electron chi connectivity index (χ1n) is 6.27. The molecule has 0 radical (unpaired) electrons. The molecule has 1 N–H and O–H groups in total. The van der Waals surface area contributed by atoms with E-state index in [1.165, 1.54) is 0 Å². The molecule has 0 saturated carbocycles. The predicted molar refractivity (Wildman–Crippen MR) is 84.2 cm³/mol. The highest BCUT2D eigenvalue weighted by Gasteiger charge is 2.06. The maximum absolute atomic E-state index is 12.1. The van der Waals surface area contributed by atoms with Crippen molar-refractivity contribution in [3.8, 4) is 0 Å². The van der Waals surface area contributed by atoms with Gasteiger partial charge in [0.05, 0.1) is 6.61 Å². The molecule has 1 amide bonds. The van der Waals surface area contributed by atoms with Crippen LogP contribution < -0.4 is 5.32 Å². The summed E-state index contributed by atoms with van der Waals surface area (Å²) < 4.78 is 5.08. The van der Waals surface area contributed by atoms with E-state index in [-0.39, 0.29) is 5.91 Å². The fourth-order valence-corrected chi connectivity index (χ4v) is 2.23. The van der Waals surface area contributed by atoms with Crippen molar-refractivity contribution < 1.29 is 9.53 Å². The quantitative estimate of drug-likeness (QED) is 0.840. The summed E-state index contributed by atoms with van der Waals surface area (Å²) in [5.74, 6) is -0.110. The summed E-state index contributed by atoms with van der Waals surface area (Å²) in [7, 11) is 1.65. The number of methoxy groups -OCH3 is 1. The van der Waals surface area contributed by atoms with Gasteiger partial charge in [-0.2, -0.15) is 0 Å². The van der Waals surface area contributed by atoms with Crippen LogP contribution in [0.15, 0.2) is 48.5 Å². The third-order valence-electron chi connectivity index (χ3n) is 2.87. The zero-order valence-corrected chi connectivity index (χ0v) is 12.8. The minimum atomic E-state index is -0.110. The zero-order valence-electron chi connectivity index (χ0n) is 11.2. The van der Waals surface area contributed by atoms with E-state index in [2.05, 4.69) is 21.2 Å². The van der Waals surface area contributed by atoms with Gasteiger partial charge in [-0.1, -0.05) is 40.2 Å². The lowest BCUT2D eigenvalue weighted by molar-refractivity contribution is 0.102. The molecule has 0 aliphatic heterocycles. The number of benzene rings is 2. The summed E-state index contributed by atoms with van der Waals surface area (Å²) in [6, 6.07) is 15.2. The highest BCUT2D eigenvalue weighted by molar-refractivity contribution is 9.08. The summed E-state index contributed by atoms with van der Waals surface area (Å²) >= 11 is 3.38. The molecular formula is C16H16BrNO2. The SMILES string of the molecule is COCc1cccc(NC(=O)c2ccc(CBr)cc2)c1. The smallest absolute Gasteiger partial charge is 0.255 e. The molecule has 0 aliphatic carbocycles. The van der Waals surface area contributed by atoms with Gasteiger partial charge in [0.15, 0.2) is 0 Å². The van der Waals surface area contributed by atoms with Crippen LogP contribution in [0.2, 0.25) is 0 Å². The molecule has 0 aromatic heterocycles. The van der Waals surface area contributed by atoms with E-state index < -0.39 is 0 Å². The maximum atomic E-state index is 12.1. The average Bonchev–Trinajstić information content (AvgIpc) is 2.48. The Labute approximate surface area is 127 Å². The Balaban J connectivity index is 2.08. The highest BCUT2D eigenvalue weighted by atomic mass is 79.9. The monoisotopic (exact) mass is 333 g/mol. The lowest BCUT2D eigenvalue weighted by Gasteiger charge is -2.07. The number of anilines is 1. The Morgan fingerprint density at radius 1 is 1.15 bits per heavy atom. The third kappa shape index (κ3) is 3.92. The number of carbonyl (C=O) groups excluding carboxylic acids is 1. The van der Waals surface area contributed by atoms with Crippen LogP contribution in [-0.4, -0.2) is 13.0 Å². The Bertz CT molecular complexity index is 581. The summed E-state index contributed by atoms with van der Waals surface area (Å²) in [6.07, 6.45) is 0. The van der Waals surface area contributed by atoms with Gasteiger partial charge in [-0.3, -0.25) is 4.79 Å². The molecule has 0 atom stereocenters. The molecule has 0 unspecified atom stereocenters. The molecule has 0 fully saturated rings. The normalized spacial score (nSPS) is 10.3. The van der Waals surface area contributed by atoms with E-state index in [0.29, 0.717) is 12.2 Å². The number of carbonyl (C=O) groups is 1. The second-order valence-electron chi connectivity index (χ2n) is 4.42. The fraction of sp³-hybridized carbons (Fsp3) is 0.188. The third-order valence-corrected chi connectivity index (χ3v) is 3.51. The van der Waals surface area contributed by atoms with E-state index in [1.807, 2.05) is 48.5 Å². The van der Waals surface area contributed by atoms with Crippen molar-refractivity contribution in [2.24, 2.45) is 0 Å². The second kappa shape index (κ2) is 7.22. The van der Waals surface area contributed by atoms with Crippen molar-refractivity contribution in [3.63, 3.8) is 0 Å². The summed E-state index contributed by atoms with van der Waals surface area (Å²) in [5, 5.41) is 3.67. The molecule has 2 aromatic carbocycles. The van der Waals surface area contributed by atoms with E-state index >= 15 is 0 Å². The molecule has 2 aromatic rings. The van der Waals surface area contributed by atoms with Crippen LogP contribution >= 0.6 is 15.9 Å². The number of hydrogen-bond donors (Lipinski definition) is 1. The van der Waals surface area contributed by atoms with Gasteiger partial charge in [0, 0.05) is 23.7 Å². The Kier molecular flexibility index (Phi) is 5.32. The molecule has 20 heavy (non-hydrogen) atoms. The molecule has 0 bridgehead atoms. The van der Waals surface area contributed by atoms with Crippen LogP contribution in [0, 0.1) is 0 Å². The number of alkyl halides is 1. The van der Waals surface area contributed by atoms with Gasteiger partial charge in [-0.25, -0.2) is 0 Å². The van der Waals surface area contributed by atoms with E-state index in [0.717, 1.165) is 22.1 Å². The first kappa shape index (κ1) is 14.8. The minimum absolute atomic E-state index is 0.110. The number of nitrogens with one attached hydrogen (secondary N) is 1. The fourth-order valence-electron chi connectivity index (χ4n) is 1.85. The molecule has 4 heteroatoms. The first-order chi connectivity index (χ1) is 9.72.